The predicted molar refractivity (Wildman–Crippen MR) is 150 cm³/mol. The second kappa shape index (κ2) is 12.2. The van der Waals surface area contributed by atoms with Crippen molar-refractivity contribution in [3.8, 4) is 11.5 Å². The number of benzene rings is 2. The molecule has 0 spiro atoms. The summed E-state index contributed by atoms with van der Waals surface area (Å²) in [7, 11) is 3.17. The third-order valence-electron chi connectivity index (χ3n) is 6.40. The van der Waals surface area contributed by atoms with Crippen molar-refractivity contribution in [1.82, 2.24) is 10.2 Å². The Kier molecular flexibility index (Phi) is 8.78. The summed E-state index contributed by atoms with van der Waals surface area (Å²) in [6.45, 7) is 5.99. The van der Waals surface area contributed by atoms with E-state index in [0.717, 1.165) is 23.2 Å². The van der Waals surface area contributed by atoms with Gasteiger partial charge in [-0.1, -0.05) is 49.0 Å². The predicted octanol–water partition coefficient (Wildman–Crippen LogP) is 5.28. The molecular formula is C29H33N3O5S. The van der Waals surface area contributed by atoms with Crippen molar-refractivity contribution in [3.05, 3.63) is 76.3 Å². The van der Waals surface area contributed by atoms with Crippen LogP contribution in [0.4, 0.5) is 0 Å². The highest BCUT2D eigenvalue weighted by Crippen LogP contribution is 2.48. The summed E-state index contributed by atoms with van der Waals surface area (Å²) in [6, 6.07) is 14.5. The van der Waals surface area contributed by atoms with Crippen molar-refractivity contribution >= 4 is 34.5 Å². The molecule has 0 aliphatic carbocycles. The number of esters is 1. The van der Waals surface area contributed by atoms with E-state index in [1.807, 2.05) is 66.6 Å². The van der Waals surface area contributed by atoms with E-state index < -0.39 is 12.0 Å². The van der Waals surface area contributed by atoms with Crippen molar-refractivity contribution in [3.63, 3.8) is 0 Å². The molecule has 0 fully saturated rings. The van der Waals surface area contributed by atoms with Crippen LogP contribution in [0.5, 0.6) is 11.5 Å². The van der Waals surface area contributed by atoms with Gasteiger partial charge in [-0.25, -0.2) is 9.79 Å². The minimum Gasteiger partial charge on any atom is -0.497 e. The molecule has 38 heavy (non-hydrogen) atoms. The lowest BCUT2D eigenvalue weighted by atomic mass is 9.91. The molecule has 2 atom stereocenters. The highest BCUT2D eigenvalue weighted by molar-refractivity contribution is 8.16. The number of nitrogens with one attached hydrogen (secondary N) is 1. The fourth-order valence-electron chi connectivity index (χ4n) is 4.38. The van der Waals surface area contributed by atoms with Crippen LogP contribution in [0.1, 0.15) is 50.8 Å². The number of rotatable bonds is 10. The quantitative estimate of drug-likeness (QED) is 0.414. The van der Waals surface area contributed by atoms with Crippen molar-refractivity contribution in [1.29, 1.82) is 0 Å². The zero-order chi connectivity index (χ0) is 27.2. The molecule has 2 heterocycles. The maximum absolute atomic E-state index is 13.6. The number of fused-ring (bicyclic) bond motifs is 1. The molecule has 8 nitrogen and oxygen atoms in total. The van der Waals surface area contributed by atoms with Gasteiger partial charge in [-0.15, -0.1) is 0 Å². The summed E-state index contributed by atoms with van der Waals surface area (Å²) < 4.78 is 16.7. The zero-order valence-corrected chi connectivity index (χ0v) is 23.1. The smallest absolute Gasteiger partial charge is 0.338 e. The summed E-state index contributed by atoms with van der Waals surface area (Å²) in [4.78, 5) is 33.4. The Bertz CT molecular complexity index is 1270. The first-order valence-corrected chi connectivity index (χ1v) is 13.5. The minimum absolute atomic E-state index is 0.0600. The van der Waals surface area contributed by atoms with Crippen LogP contribution in [0.2, 0.25) is 0 Å². The van der Waals surface area contributed by atoms with Crippen LogP contribution in [0.15, 0.2) is 70.2 Å². The number of amidine groups is 1. The molecule has 2 aliphatic heterocycles. The Morgan fingerprint density at radius 2 is 1.76 bits per heavy atom. The normalized spacial score (nSPS) is 17.3. The Labute approximate surface area is 227 Å². The lowest BCUT2D eigenvalue weighted by molar-refractivity contribution is -0.139. The number of nitrogens with zero attached hydrogens (tertiary/aromatic N) is 2. The van der Waals surface area contributed by atoms with Gasteiger partial charge in [0.1, 0.15) is 11.5 Å². The summed E-state index contributed by atoms with van der Waals surface area (Å²) >= 11 is 1.43. The third-order valence-corrected chi connectivity index (χ3v) is 7.29. The van der Waals surface area contributed by atoms with E-state index in [-0.39, 0.29) is 25.0 Å². The Balaban J connectivity index is 1.90. The fraction of sp³-hybridized carbons (Fsp3) is 0.345. The first-order chi connectivity index (χ1) is 18.4. The number of aliphatic imine (C=N–C) groups is 1. The molecule has 2 aromatic carbocycles. The lowest BCUT2D eigenvalue weighted by Gasteiger charge is -2.37. The van der Waals surface area contributed by atoms with E-state index in [2.05, 4.69) is 5.32 Å². The number of methoxy groups -OCH3 is 2. The monoisotopic (exact) mass is 535 g/mol. The number of hydrogen-bond acceptors (Lipinski definition) is 8. The second-order valence-electron chi connectivity index (χ2n) is 8.94. The summed E-state index contributed by atoms with van der Waals surface area (Å²) in [5, 5.41) is 5.64. The first kappa shape index (κ1) is 27.3. The van der Waals surface area contributed by atoms with Crippen molar-refractivity contribution in [2.75, 3.05) is 20.8 Å². The topological polar surface area (TPSA) is 89.5 Å². The molecule has 0 saturated heterocycles. The fourth-order valence-corrected chi connectivity index (χ4v) is 5.30. The molecule has 0 aromatic heterocycles. The lowest BCUT2D eigenvalue weighted by Crippen LogP contribution is -2.39. The first-order valence-electron chi connectivity index (χ1n) is 12.6. The number of amides is 1. The van der Waals surface area contributed by atoms with E-state index in [9.17, 15) is 9.59 Å². The Morgan fingerprint density at radius 3 is 2.37 bits per heavy atom. The maximum Gasteiger partial charge on any atom is 0.338 e. The van der Waals surface area contributed by atoms with Crippen LogP contribution < -0.4 is 14.8 Å². The van der Waals surface area contributed by atoms with Crippen molar-refractivity contribution in [2.45, 2.75) is 45.7 Å². The van der Waals surface area contributed by atoms with Gasteiger partial charge in [0.25, 0.3) is 0 Å². The molecule has 2 aliphatic rings. The average molecular weight is 536 g/mol. The summed E-state index contributed by atoms with van der Waals surface area (Å²) in [6.07, 6.45) is 0.975. The van der Waals surface area contributed by atoms with Crippen LogP contribution in [0.25, 0.3) is 5.70 Å². The molecule has 0 radical (unpaired) electrons. The Morgan fingerprint density at radius 1 is 1.08 bits per heavy atom. The van der Waals surface area contributed by atoms with Crippen molar-refractivity contribution in [2.24, 2.45) is 4.99 Å². The van der Waals surface area contributed by atoms with Crippen LogP contribution in [0, 0.1) is 0 Å². The highest BCUT2D eigenvalue weighted by atomic mass is 32.2. The standard InChI is InChI=1S/C29H33N3O5S/c1-6-18(3)30-24(33)15-21-17-38-29-31-26(19-11-9-8-10-12-19)25(28(34)37-7-2)27(32(21)29)20-13-22(35-4)16-23(14-20)36-5/h8-14,16-18,27H,6-7,15H2,1-5H3,(H,30,33)/t18-,27+/m1/s1. The number of carbonyl (C=O) groups is 2. The molecule has 200 valence electrons. The van der Waals surface area contributed by atoms with Crippen LogP contribution in [-0.2, 0) is 14.3 Å². The molecule has 4 rings (SSSR count). The number of thioether (sulfide) groups is 1. The van der Waals surface area contributed by atoms with E-state index in [4.69, 9.17) is 19.2 Å². The largest absolute Gasteiger partial charge is 0.497 e. The Hall–Kier alpha value is -3.72. The molecule has 0 saturated carbocycles. The third kappa shape index (κ3) is 5.72. The van der Waals surface area contributed by atoms with E-state index in [1.165, 1.54) is 11.8 Å². The minimum atomic E-state index is -0.626. The maximum atomic E-state index is 13.6. The van der Waals surface area contributed by atoms with Crippen LogP contribution in [-0.4, -0.2) is 48.8 Å². The molecule has 1 amide bonds. The van der Waals surface area contributed by atoms with Gasteiger partial charge in [-0.05, 0) is 43.4 Å². The number of hydrogen-bond donors (Lipinski definition) is 1. The van der Waals surface area contributed by atoms with Crippen molar-refractivity contribution < 1.29 is 23.8 Å². The molecular weight excluding hydrogens is 502 g/mol. The van der Waals surface area contributed by atoms with E-state index >= 15 is 0 Å². The van der Waals surface area contributed by atoms with Gasteiger partial charge < -0.3 is 24.4 Å². The molecule has 9 heteroatoms. The number of carbonyl (C=O) groups excluding carboxylic acids is 2. The van der Waals surface area contributed by atoms with Gasteiger partial charge in [0, 0.05) is 23.4 Å². The van der Waals surface area contributed by atoms with Gasteiger partial charge in [-0.2, -0.15) is 0 Å². The second-order valence-corrected chi connectivity index (χ2v) is 9.78. The summed E-state index contributed by atoms with van der Waals surface area (Å²) in [5.74, 6) is 0.603. The highest BCUT2D eigenvalue weighted by Gasteiger charge is 2.42. The van der Waals surface area contributed by atoms with Crippen LogP contribution in [0.3, 0.4) is 0 Å². The molecule has 1 N–H and O–H groups in total. The van der Waals surface area contributed by atoms with Gasteiger partial charge in [-0.3, -0.25) is 4.79 Å². The van der Waals surface area contributed by atoms with Gasteiger partial charge in [0.15, 0.2) is 5.17 Å². The molecule has 2 aromatic rings. The van der Waals surface area contributed by atoms with E-state index in [1.54, 1.807) is 27.2 Å². The molecule has 0 bridgehead atoms. The van der Waals surface area contributed by atoms with Crippen LogP contribution >= 0.6 is 11.8 Å². The zero-order valence-electron chi connectivity index (χ0n) is 22.3. The average Bonchev–Trinajstić information content (AvgIpc) is 3.33. The van der Waals surface area contributed by atoms with Gasteiger partial charge in [0.2, 0.25) is 5.91 Å². The molecule has 0 unspecified atom stereocenters. The van der Waals surface area contributed by atoms with E-state index in [0.29, 0.717) is 27.9 Å². The number of ether oxygens (including phenoxy) is 3. The SMILES string of the molecule is CCOC(=O)C1=C(c2ccccc2)N=C2SC=C(CC(=O)N[C@H](C)CC)N2[C@H]1c1cc(OC)cc(OC)c1. The van der Waals surface area contributed by atoms with Gasteiger partial charge in [0.05, 0.1) is 44.6 Å². The van der Waals surface area contributed by atoms with Gasteiger partial charge >= 0.3 is 5.97 Å². The summed E-state index contributed by atoms with van der Waals surface area (Å²) in [5.41, 5.74) is 3.21.